The molecule has 0 aromatic rings. The monoisotopic (exact) mass is 198 g/mol. The highest BCUT2D eigenvalue weighted by atomic mass is 35.5. The summed E-state index contributed by atoms with van der Waals surface area (Å²) in [6.07, 6.45) is -0.175. The van der Waals surface area contributed by atoms with E-state index < -0.39 is 21.4 Å². The number of carbonyl (C=O) groups is 1. The van der Waals surface area contributed by atoms with E-state index in [1.54, 1.807) is 0 Å². The molecule has 11 heavy (non-hydrogen) atoms. The molecule has 0 saturated carbocycles. The molecule has 4 nitrogen and oxygen atoms in total. The fraction of sp³-hybridized carbons (Fsp3) is 0.800. The van der Waals surface area contributed by atoms with Crippen molar-refractivity contribution in [1.29, 1.82) is 0 Å². The first-order chi connectivity index (χ1) is 4.99. The number of ether oxygens (including phenoxy) is 1. The van der Waals surface area contributed by atoms with Gasteiger partial charge in [0.2, 0.25) is 0 Å². The SMILES string of the molecule is O=C(Cl)O[C@@H]1CCS(=O)(=O)C1. The molecule has 1 rings (SSSR count). The van der Waals surface area contributed by atoms with Gasteiger partial charge in [-0.15, -0.1) is 0 Å². The topological polar surface area (TPSA) is 60.4 Å². The van der Waals surface area contributed by atoms with E-state index in [1.165, 1.54) is 0 Å². The van der Waals surface area contributed by atoms with Gasteiger partial charge in [-0.2, -0.15) is 0 Å². The molecule has 0 N–H and O–H groups in total. The second-order valence-electron chi connectivity index (χ2n) is 2.38. The summed E-state index contributed by atoms with van der Waals surface area (Å²) in [5.41, 5.74) is -0.938. The maximum Gasteiger partial charge on any atom is 0.404 e. The molecule has 6 heteroatoms. The van der Waals surface area contributed by atoms with Crippen molar-refractivity contribution >= 4 is 26.9 Å². The minimum atomic E-state index is -2.98. The third kappa shape index (κ3) is 2.67. The molecule has 1 heterocycles. The van der Waals surface area contributed by atoms with Crippen LogP contribution in [-0.2, 0) is 14.6 Å². The molecule has 1 fully saturated rings. The van der Waals surface area contributed by atoms with E-state index in [1.807, 2.05) is 0 Å². The van der Waals surface area contributed by atoms with Gasteiger partial charge in [0, 0.05) is 11.6 Å². The summed E-state index contributed by atoms with van der Waals surface area (Å²) >= 11 is 4.89. The van der Waals surface area contributed by atoms with Crippen LogP contribution in [0.4, 0.5) is 4.79 Å². The Balaban J connectivity index is 2.49. The smallest absolute Gasteiger partial charge is 0.404 e. The second kappa shape index (κ2) is 2.98. The number of carbonyl (C=O) groups excluding carboxylic acids is 1. The summed E-state index contributed by atoms with van der Waals surface area (Å²) in [5.74, 6) is -0.00665. The van der Waals surface area contributed by atoms with Crippen LogP contribution in [0.15, 0.2) is 0 Å². The highest BCUT2D eigenvalue weighted by Gasteiger charge is 2.30. The first kappa shape index (κ1) is 8.80. The summed E-state index contributed by atoms with van der Waals surface area (Å²) < 4.78 is 26.1. The number of halogens is 1. The van der Waals surface area contributed by atoms with Crippen molar-refractivity contribution in [3.8, 4) is 0 Å². The fourth-order valence-corrected chi connectivity index (χ4v) is 2.70. The van der Waals surface area contributed by atoms with Crippen molar-refractivity contribution < 1.29 is 17.9 Å². The predicted octanol–water partition coefficient (Wildman–Crippen LogP) is 0.549. The van der Waals surface area contributed by atoms with Crippen LogP contribution >= 0.6 is 11.6 Å². The van der Waals surface area contributed by atoms with E-state index in [-0.39, 0.29) is 11.5 Å². The summed E-state index contributed by atoms with van der Waals surface area (Å²) in [6, 6.07) is 0. The Kier molecular flexibility index (Phi) is 2.39. The van der Waals surface area contributed by atoms with Gasteiger partial charge in [0.05, 0.1) is 11.5 Å². The molecule has 0 spiro atoms. The Bertz CT molecular complexity index is 258. The van der Waals surface area contributed by atoms with Gasteiger partial charge in [-0.3, -0.25) is 0 Å². The molecule has 0 unspecified atom stereocenters. The van der Waals surface area contributed by atoms with Gasteiger partial charge in [0.25, 0.3) is 0 Å². The predicted molar refractivity (Wildman–Crippen MR) is 39.4 cm³/mol. The van der Waals surface area contributed by atoms with Crippen molar-refractivity contribution in [1.82, 2.24) is 0 Å². The van der Waals surface area contributed by atoms with Crippen LogP contribution in [0.5, 0.6) is 0 Å². The summed E-state index contributed by atoms with van der Waals surface area (Å²) in [4.78, 5) is 10.2. The highest BCUT2D eigenvalue weighted by molar-refractivity contribution is 7.91. The molecule has 0 aromatic carbocycles. The molecular weight excluding hydrogens is 192 g/mol. The molecule has 1 atom stereocenters. The van der Waals surface area contributed by atoms with Crippen molar-refractivity contribution in [3.63, 3.8) is 0 Å². The summed E-state index contributed by atoms with van der Waals surface area (Å²) in [6.45, 7) is 0. The molecule has 0 aliphatic carbocycles. The largest absolute Gasteiger partial charge is 0.449 e. The molecule has 0 radical (unpaired) electrons. The van der Waals surface area contributed by atoms with E-state index in [0.717, 1.165) is 0 Å². The van der Waals surface area contributed by atoms with Crippen LogP contribution in [0.2, 0.25) is 0 Å². The van der Waals surface area contributed by atoms with Gasteiger partial charge < -0.3 is 4.74 Å². The Labute approximate surface area is 69.4 Å². The summed E-state index contributed by atoms with van der Waals surface area (Å²) in [5, 5.41) is 0. The van der Waals surface area contributed by atoms with Gasteiger partial charge in [-0.25, -0.2) is 13.2 Å². The van der Waals surface area contributed by atoms with Crippen molar-refractivity contribution in [2.24, 2.45) is 0 Å². The minimum absolute atomic E-state index is 0.0852. The minimum Gasteiger partial charge on any atom is -0.449 e. The molecule has 0 amide bonds. The average molecular weight is 199 g/mol. The molecule has 1 saturated heterocycles. The molecular formula is C5H7ClO4S. The van der Waals surface area contributed by atoms with Gasteiger partial charge in [-0.1, -0.05) is 0 Å². The lowest BCUT2D eigenvalue weighted by Gasteiger charge is -2.04. The quantitative estimate of drug-likeness (QED) is 0.578. The zero-order valence-electron chi connectivity index (χ0n) is 5.62. The van der Waals surface area contributed by atoms with E-state index in [9.17, 15) is 13.2 Å². The lowest BCUT2D eigenvalue weighted by atomic mass is 10.3. The Morgan fingerprint density at radius 1 is 1.55 bits per heavy atom. The first-order valence-electron chi connectivity index (χ1n) is 3.06. The molecule has 0 aromatic heterocycles. The second-order valence-corrected chi connectivity index (χ2v) is 4.92. The van der Waals surface area contributed by atoms with Crippen molar-refractivity contribution in [3.05, 3.63) is 0 Å². The third-order valence-corrected chi connectivity index (χ3v) is 3.28. The van der Waals surface area contributed by atoms with E-state index in [0.29, 0.717) is 6.42 Å². The Morgan fingerprint density at radius 3 is 2.55 bits per heavy atom. The van der Waals surface area contributed by atoms with Gasteiger partial charge in [0.15, 0.2) is 9.84 Å². The van der Waals surface area contributed by atoms with Gasteiger partial charge in [0.1, 0.15) is 6.10 Å². The van der Waals surface area contributed by atoms with Gasteiger partial charge >= 0.3 is 5.43 Å². The maximum atomic E-state index is 10.8. The van der Waals surface area contributed by atoms with Gasteiger partial charge in [-0.05, 0) is 6.42 Å². The van der Waals surface area contributed by atoms with E-state index in [2.05, 4.69) is 4.74 Å². The fourth-order valence-electron chi connectivity index (χ4n) is 0.985. The normalized spacial score (nSPS) is 28.3. The van der Waals surface area contributed by atoms with Crippen LogP contribution in [0.25, 0.3) is 0 Å². The first-order valence-corrected chi connectivity index (χ1v) is 5.26. The van der Waals surface area contributed by atoms with Crippen LogP contribution in [0.1, 0.15) is 6.42 Å². The maximum absolute atomic E-state index is 10.8. The number of rotatable bonds is 1. The molecule has 64 valence electrons. The summed E-state index contributed by atoms with van der Waals surface area (Å²) in [7, 11) is -2.98. The Hall–Kier alpha value is -0.290. The number of hydrogen-bond donors (Lipinski definition) is 0. The molecule has 1 aliphatic heterocycles. The molecule has 0 bridgehead atoms. The lowest BCUT2D eigenvalue weighted by molar-refractivity contribution is 0.135. The number of hydrogen-bond acceptors (Lipinski definition) is 4. The van der Waals surface area contributed by atoms with Crippen LogP contribution in [0.3, 0.4) is 0 Å². The van der Waals surface area contributed by atoms with Crippen molar-refractivity contribution in [2.75, 3.05) is 11.5 Å². The average Bonchev–Trinajstić information content (AvgIpc) is 2.08. The van der Waals surface area contributed by atoms with Crippen LogP contribution in [-0.4, -0.2) is 31.5 Å². The molecule has 1 aliphatic rings. The van der Waals surface area contributed by atoms with Crippen LogP contribution < -0.4 is 0 Å². The van der Waals surface area contributed by atoms with Crippen LogP contribution in [0, 0.1) is 0 Å². The Morgan fingerprint density at radius 2 is 2.18 bits per heavy atom. The lowest BCUT2D eigenvalue weighted by Crippen LogP contribution is -2.15. The highest BCUT2D eigenvalue weighted by Crippen LogP contribution is 2.15. The zero-order valence-corrected chi connectivity index (χ0v) is 7.19. The van der Waals surface area contributed by atoms with Crippen molar-refractivity contribution in [2.45, 2.75) is 12.5 Å². The standard InChI is InChI=1S/C5H7ClO4S/c6-5(7)10-4-1-2-11(8,9)3-4/h4H,1-3H2/t4-/m1/s1. The van der Waals surface area contributed by atoms with E-state index >= 15 is 0 Å². The van der Waals surface area contributed by atoms with E-state index in [4.69, 9.17) is 11.6 Å². The third-order valence-electron chi connectivity index (χ3n) is 1.45. The number of sulfone groups is 1. The zero-order chi connectivity index (χ0) is 8.48.